The van der Waals surface area contributed by atoms with Crippen LogP contribution >= 0.6 is 11.6 Å². The van der Waals surface area contributed by atoms with Gasteiger partial charge in [-0.3, -0.25) is 14.4 Å². The quantitative estimate of drug-likeness (QED) is 0.260. The molecule has 2 amide bonds. The Morgan fingerprint density at radius 1 is 1.26 bits per heavy atom. The number of esters is 1. The maximum Gasteiger partial charge on any atom is 0.325 e. The van der Waals surface area contributed by atoms with Crippen LogP contribution in [0.25, 0.3) is 0 Å². The minimum atomic E-state index is -2.42. The Labute approximate surface area is 230 Å². The molecular weight excluding hydrogens is 524 g/mol. The van der Waals surface area contributed by atoms with Crippen molar-refractivity contribution in [2.24, 2.45) is 0 Å². The van der Waals surface area contributed by atoms with Crippen LogP contribution in [0.3, 0.4) is 0 Å². The van der Waals surface area contributed by atoms with Crippen LogP contribution in [0.1, 0.15) is 65.6 Å². The number of carbonyl (C=O) groups excluding carboxylic acids is 3. The number of nitrogens with zero attached hydrogens (tertiary/aromatic N) is 4. The number of aromatic nitrogens is 2. The van der Waals surface area contributed by atoms with Gasteiger partial charge in [-0.2, -0.15) is 0 Å². The number of carbonyl (C=O) groups is 3. The van der Waals surface area contributed by atoms with Gasteiger partial charge in [-0.15, -0.1) is 0 Å². The molecule has 1 aromatic carbocycles. The Bertz CT molecular complexity index is 1190. The van der Waals surface area contributed by atoms with Gasteiger partial charge >= 0.3 is 5.97 Å². The van der Waals surface area contributed by atoms with Crippen molar-refractivity contribution in [1.29, 1.82) is 0 Å². The molecule has 2 heterocycles. The fraction of sp³-hybridized carbons (Fsp3) is 0.519. The normalized spacial score (nSPS) is 13.8. The van der Waals surface area contributed by atoms with E-state index in [1.165, 1.54) is 11.2 Å². The number of fused-ring (bicyclic) bond motifs is 1. The van der Waals surface area contributed by atoms with Gasteiger partial charge in [0.25, 0.3) is 11.8 Å². The van der Waals surface area contributed by atoms with E-state index in [9.17, 15) is 19.2 Å². The fourth-order valence-corrected chi connectivity index (χ4v) is 5.41. The van der Waals surface area contributed by atoms with E-state index >= 15 is 0 Å². The van der Waals surface area contributed by atoms with Crippen molar-refractivity contribution < 1.29 is 23.9 Å². The number of hydrogen-bond acceptors (Lipinski definition) is 7. The van der Waals surface area contributed by atoms with Gasteiger partial charge in [0.15, 0.2) is 8.32 Å². The Morgan fingerprint density at radius 3 is 2.61 bits per heavy atom. The zero-order valence-electron chi connectivity index (χ0n) is 23.0. The second kappa shape index (κ2) is 11.9. The number of hydrogen-bond donors (Lipinski definition) is 1. The van der Waals surface area contributed by atoms with Gasteiger partial charge in [-0.25, -0.2) is 9.97 Å². The number of anilines is 1. The SMILES string of the molecule is CCOC(=O)CN1CCc2cc(N(CCCC(C)(C)[Si](C)(C)O)C(=O)c3c(C)ncnc3Cl)ccc2C1=O. The first kappa shape index (κ1) is 29.7. The monoisotopic (exact) mass is 560 g/mol. The van der Waals surface area contributed by atoms with Gasteiger partial charge in [0.05, 0.1) is 17.9 Å². The molecule has 0 bridgehead atoms. The minimum absolute atomic E-state index is 0.0828. The summed E-state index contributed by atoms with van der Waals surface area (Å²) < 4.78 is 4.99. The van der Waals surface area contributed by atoms with Crippen LogP contribution < -0.4 is 4.90 Å². The highest BCUT2D eigenvalue weighted by Gasteiger charge is 2.38. The molecule has 0 radical (unpaired) electrons. The largest absolute Gasteiger partial charge is 0.465 e. The molecule has 0 saturated heterocycles. The van der Waals surface area contributed by atoms with Gasteiger partial charge in [-0.05, 0) is 75.0 Å². The lowest BCUT2D eigenvalue weighted by atomic mass is 9.97. The van der Waals surface area contributed by atoms with Crippen molar-refractivity contribution >= 4 is 43.4 Å². The zero-order valence-corrected chi connectivity index (χ0v) is 24.8. The van der Waals surface area contributed by atoms with Crippen LogP contribution in [0.2, 0.25) is 23.3 Å². The summed E-state index contributed by atoms with van der Waals surface area (Å²) in [6, 6.07) is 5.30. The van der Waals surface area contributed by atoms with Crippen molar-refractivity contribution in [1.82, 2.24) is 14.9 Å². The Kier molecular flexibility index (Phi) is 9.33. The fourth-order valence-electron chi connectivity index (χ4n) is 4.36. The Balaban J connectivity index is 1.91. The van der Waals surface area contributed by atoms with Crippen molar-refractivity contribution in [3.8, 4) is 0 Å². The van der Waals surface area contributed by atoms with E-state index in [0.29, 0.717) is 42.9 Å². The predicted molar refractivity (Wildman–Crippen MR) is 149 cm³/mol. The molecule has 0 saturated carbocycles. The van der Waals surface area contributed by atoms with Gasteiger partial charge in [-0.1, -0.05) is 25.4 Å². The zero-order chi connectivity index (χ0) is 28.3. The van der Waals surface area contributed by atoms with Crippen LogP contribution in [0, 0.1) is 6.92 Å². The standard InChI is InChI=1S/C27H37ClN4O5Si/c1-7-37-22(33)16-31-14-11-19-15-20(9-10-21(19)25(31)34)32(13-8-12-27(3,4)38(5,6)36)26(35)23-18(2)29-17-30-24(23)28/h9-10,15,17,36H,7-8,11-14,16H2,1-6H3. The van der Waals surface area contributed by atoms with Crippen molar-refractivity contribution in [3.63, 3.8) is 0 Å². The van der Waals surface area contributed by atoms with Crippen LogP contribution in [0.4, 0.5) is 5.69 Å². The van der Waals surface area contributed by atoms with Crippen molar-refractivity contribution in [2.75, 3.05) is 31.1 Å². The number of aryl methyl sites for hydroxylation is 1. The maximum atomic E-state index is 13.8. The summed E-state index contributed by atoms with van der Waals surface area (Å²) in [5.41, 5.74) is 2.66. The highest BCUT2D eigenvalue weighted by molar-refractivity contribution is 6.72. The number of halogens is 1. The summed E-state index contributed by atoms with van der Waals surface area (Å²) in [5.74, 6) is -1.000. The lowest BCUT2D eigenvalue weighted by molar-refractivity contribution is -0.143. The number of amides is 2. The van der Waals surface area contributed by atoms with Crippen molar-refractivity contribution in [2.45, 2.75) is 65.1 Å². The Hall–Kier alpha value is -2.82. The number of ether oxygens (including phenoxy) is 1. The van der Waals surface area contributed by atoms with E-state index in [2.05, 4.69) is 23.8 Å². The molecule has 0 spiro atoms. The van der Waals surface area contributed by atoms with Crippen molar-refractivity contribution in [3.05, 3.63) is 52.1 Å². The van der Waals surface area contributed by atoms with E-state index < -0.39 is 14.3 Å². The van der Waals surface area contributed by atoms with Crippen LogP contribution in [-0.4, -0.2) is 72.0 Å². The second-order valence-electron chi connectivity index (χ2n) is 10.8. The van der Waals surface area contributed by atoms with Crippen LogP contribution in [0.15, 0.2) is 24.5 Å². The average molecular weight is 561 g/mol. The lowest BCUT2D eigenvalue weighted by Gasteiger charge is -2.36. The molecule has 1 aliphatic heterocycles. The minimum Gasteiger partial charge on any atom is -0.465 e. The first-order chi connectivity index (χ1) is 17.8. The van der Waals surface area contributed by atoms with Gasteiger partial charge < -0.3 is 19.3 Å². The van der Waals surface area contributed by atoms with Gasteiger partial charge in [0.1, 0.15) is 18.0 Å². The number of rotatable bonds is 10. The molecule has 0 atom stereocenters. The van der Waals surface area contributed by atoms with E-state index in [-0.39, 0.29) is 40.7 Å². The van der Waals surface area contributed by atoms with E-state index in [1.54, 1.807) is 30.9 Å². The smallest absolute Gasteiger partial charge is 0.325 e. The summed E-state index contributed by atoms with van der Waals surface area (Å²) >= 11 is 6.32. The molecule has 0 aliphatic carbocycles. The summed E-state index contributed by atoms with van der Waals surface area (Å²) in [6.07, 6.45) is 3.25. The summed E-state index contributed by atoms with van der Waals surface area (Å²) in [6.45, 7) is 12.3. The summed E-state index contributed by atoms with van der Waals surface area (Å²) in [5, 5.41) is -0.157. The van der Waals surface area contributed by atoms with Crippen LogP contribution in [-0.2, 0) is 16.0 Å². The molecule has 206 valence electrons. The third kappa shape index (κ3) is 6.59. The molecule has 2 aromatic rings. The molecule has 1 N–H and O–H groups in total. The summed E-state index contributed by atoms with van der Waals surface area (Å²) in [4.78, 5) is 60.8. The first-order valence-electron chi connectivity index (χ1n) is 12.9. The van der Waals surface area contributed by atoms with E-state index in [4.69, 9.17) is 16.3 Å². The predicted octanol–water partition coefficient (Wildman–Crippen LogP) is 4.40. The molecular formula is C27H37ClN4O5Si. The molecule has 38 heavy (non-hydrogen) atoms. The summed E-state index contributed by atoms with van der Waals surface area (Å²) in [7, 11) is -2.42. The highest BCUT2D eigenvalue weighted by Crippen LogP contribution is 2.40. The van der Waals surface area contributed by atoms with Crippen LogP contribution in [0.5, 0.6) is 0 Å². The van der Waals surface area contributed by atoms with Gasteiger partial charge in [0, 0.05) is 24.3 Å². The molecule has 0 fully saturated rings. The second-order valence-corrected chi connectivity index (χ2v) is 15.6. The number of benzene rings is 1. The van der Waals surface area contributed by atoms with E-state index in [1.807, 2.05) is 19.2 Å². The Morgan fingerprint density at radius 2 is 1.97 bits per heavy atom. The first-order valence-corrected chi connectivity index (χ1v) is 16.2. The van der Waals surface area contributed by atoms with Gasteiger partial charge in [0.2, 0.25) is 0 Å². The third-order valence-corrected chi connectivity index (χ3v) is 11.3. The lowest BCUT2D eigenvalue weighted by Crippen LogP contribution is -2.41. The topological polar surface area (TPSA) is 113 Å². The molecule has 1 aliphatic rings. The molecule has 9 nitrogen and oxygen atoms in total. The molecule has 0 unspecified atom stereocenters. The van der Waals surface area contributed by atoms with E-state index in [0.717, 1.165) is 12.0 Å². The third-order valence-electron chi connectivity index (χ3n) is 7.48. The highest BCUT2D eigenvalue weighted by atomic mass is 35.5. The molecule has 11 heteroatoms. The molecule has 1 aromatic heterocycles. The molecule has 3 rings (SSSR count). The average Bonchev–Trinajstić information content (AvgIpc) is 2.82. The maximum absolute atomic E-state index is 13.8.